The molecule has 0 aliphatic heterocycles. The van der Waals surface area contributed by atoms with E-state index in [9.17, 15) is 0 Å². The van der Waals surface area contributed by atoms with Crippen LogP contribution in [0.3, 0.4) is 0 Å². The number of imidazole rings is 2. The van der Waals surface area contributed by atoms with Gasteiger partial charge in [0.15, 0.2) is 5.82 Å². The minimum atomic E-state index is 0.611. The predicted octanol–water partition coefficient (Wildman–Crippen LogP) is 12.6. The molecule has 0 spiro atoms. The van der Waals surface area contributed by atoms with Gasteiger partial charge < -0.3 is 0 Å². The lowest BCUT2D eigenvalue weighted by atomic mass is 9.75. The van der Waals surface area contributed by atoms with Crippen molar-refractivity contribution < 1.29 is 0 Å². The first-order valence-electron chi connectivity index (χ1n) is 19.4. The molecule has 0 N–H and O–H groups in total. The van der Waals surface area contributed by atoms with Crippen molar-refractivity contribution in [1.29, 1.82) is 0 Å². The summed E-state index contributed by atoms with van der Waals surface area (Å²) in [4.78, 5) is 19.1. The van der Waals surface area contributed by atoms with E-state index in [0.29, 0.717) is 5.82 Å². The van der Waals surface area contributed by atoms with Crippen molar-refractivity contribution in [3.8, 4) is 72.7 Å². The number of benzene rings is 8. The van der Waals surface area contributed by atoms with Gasteiger partial charge in [-0.15, -0.1) is 0 Å². The van der Waals surface area contributed by atoms with Crippen LogP contribution in [0.15, 0.2) is 207 Å². The van der Waals surface area contributed by atoms with Crippen LogP contribution in [0, 0.1) is 0 Å². The zero-order valence-electron chi connectivity index (χ0n) is 31.3. The van der Waals surface area contributed by atoms with Crippen molar-refractivity contribution in [3.05, 3.63) is 207 Å². The third-order valence-electron chi connectivity index (χ3n) is 11.0. The first-order chi connectivity index (χ1) is 28.8. The van der Waals surface area contributed by atoms with Crippen LogP contribution < -0.4 is 0 Å². The van der Waals surface area contributed by atoms with Crippen molar-refractivity contribution in [2.75, 3.05) is 0 Å². The quantitative estimate of drug-likeness (QED) is 0.163. The molecule has 6 heteroatoms. The van der Waals surface area contributed by atoms with Gasteiger partial charge in [0.1, 0.15) is 12.7 Å². The van der Waals surface area contributed by atoms with Gasteiger partial charge in [-0.3, -0.25) is 8.97 Å². The number of hydrogen-bond donors (Lipinski definition) is 0. The van der Waals surface area contributed by atoms with Gasteiger partial charge >= 0.3 is 0 Å². The molecule has 11 aromatic rings. The van der Waals surface area contributed by atoms with Gasteiger partial charge in [-0.05, 0) is 80.9 Å². The summed E-state index contributed by atoms with van der Waals surface area (Å²) in [6.45, 7) is 0. The van der Waals surface area contributed by atoms with Crippen LogP contribution in [0.2, 0.25) is 0 Å². The molecule has 0 saturated heterocycles. The molecule has 0 radical (unpaired) electrons. The molecule has 11 rings (SSSR count). The first kappa shape index (κ1) is 33.4. The Morgan fingerprint density at radius 3 is 1.22 bits per heavy atom. The van der Waals surface area contributed by atoms with Gasteiger partial charge in [-0.2, -0.15) is 0 Å². The fourth-order valence-electron chi connectivity index (χ4n) is 8.59. The van der Waals surface area contributed by atoms with Gasteiger partial charge in [-0.1, -0.05) is 158 Å². The summed E-state index contributed by atoms with van der Waals surface area (Å²) < 4.78 is 4.53. The lowest BCUT2D eigenvalue weighted by Crippen LogP contribution is -2.04. The molecule has 8 aromatic carbocycles. The van der Waals surface area contributed by atoms with Crippen molar-refractivity contribution in [2.24, 2.45) is 0 Å². The smallest absolute Gasteiger partial charge is 0.220 e. The molecule has 0 unspecified atom stereocenters. The fraction of sp³-hybridized carbons (Fsp3) is 0. The minimum absolute atomic E-state index is 0.611. The van der Waals surface area contributed by atoms with Gasteiger partial charge in [0, 0.05) is 22.4 Å². The lowest BCUT2D eigenvalue weighted by molar-refractivity contribution is 1.06. The highest BCUT2D eigenvalue weighted by Crippen LogP contribution is 2.55. The minimum Gasteiger partial charge on any atom is -0.278 e. The highest BCUT2D eigenvalue weighted by molar-refractivity contribution is 6.14. The average Bonchev–Trinajstić information content (AvgIpc) is 3.84. The number of para-hydroxylation sites is 4. The standard InChI is InChI=1S/C52H34N6/c1-5-17-35(18-6-1)45-47(39-29-31-40(32-30-39)57-43-27-15-16-28-44(43)58-42-26-14-13-25-41(42)56-52(57)58)46(36-19-7-2-8-20-36)49(38-23-11-4-12-24-38)50(51-54-33-53-34-55-51)48(45)37-21-9-3-10-22-37/h1-34H. The normalized spacial score (nSPS) is 11.4. The van der Waals surface area contributed by atoms with Crippen LogP contribution >= 0.6 is 0 Å². The summed E-state index contributed by atoms with van der Waals surface area (Å²) in [6, 6.07) is 68.6. The van der Waals surface area contributed by atoms with Crippen LogP contribution in [0.1, 0.15) is 0 Å². The number of nitrogens with zero attached hydrogens (tertiary/aromatic N) is 6. The van der Waals surface area contributed by atoms with Crippen molar-refractivity contribution in [1.82, 2.24) is 28.9 Å². The van der Waals surface area contributed by atoms with Gasteiger partial charge in [-0.25, -0.2) is 19.9 Å². The molecule has 6 nitrogen and oxygen atoms in total. The number of hydrogen-bond acceptors (Lipinski definition) is 4. The van der Waals surface area contributed by atoms with E-state index >= 15 is 0 Å². The third kappa shape index (κ3) is 5.42. The molecular weight excluding hydrogens is 709 g/mol. The Labute approximate surface area is 335 Å². The Hall–Kier alpha value is -7.96. The summed E-state index contributed by atoms with van der Waals surface area (Å²) in [5.74, 6) is 1.49. The molecule has 3 aromatic heterocycles. The fourth-order valence-corrected chi connectivity index (χ4v) is 8.59. The predicted molar refractivity (Wildman–Crippen MR) is 236 cm³/mol. The summed E-state index contributed by atoms with van der Waals surface area (Å²) in [5.41, 5.74) is 17.1. The molecule has 272 valence electrons. The maximum absolute atomic E-state index is 5.16. The molecule has 3 heterocycles. The molecule has 0 saturated carbocycles. The van der Waals surface area contributed by atoms with E-state index in [1.165, 1.54) is 0 Å². The largest absolute Gasteiger partial charge is 0.278 e. The molecule has 0 aliphatic carbocycles. The maximum atomic E-state index is 5.16. The number of rotatable bonds is 7. The Morgan fingerprint density at radius 2 is 0.724 bits per heavy atom. The van der Waals surface area contributed by atoms with Crippen LogP contribution in [-0.2, 0) is 0 Å². The van der Waals surface area contributed by atoms with Crippen molar-refractivity contribution >= 4 is 27.8 Å². The van der Waals surface area contributed by atoms with E-state index in [1.807, 2.05) is 6.07 Å². The van der Waals surface area contributed by atoms with Gasteiger partial charge in [0.2, 0.25) is 5.78 Å². The van der Waals surface area contributed by atoms with E-state index in [2.05, 4.69) is 202 Å². The number of fused-ring (bicyclic) bond motifs is 5. The summed E-state index contributed by atoms with van der Waals surface area (Å²) in [7, 11) is 0. The number of aromatic nitrogens is 6. The van der Waals surface area contributed by atoms with Crippen LogP contribution in [-0.4, -0.2) is 28.9 Å². The van der Waals surface area contributed by atoms with Crippen LogP contribution in [0.4, 0.5) is 0 Å². The SMILES string of the molecule is c1ccc(-c2c(-c3ccc(-n4c5ccccc5n5c6ccccc6nc45)cc3)c(-c3ccccc3)c(-c3ccccc3)c(-c3ncncn3)c2-c2ccccc2)cc1. The highest BCUT2D eigenvalue weighted by Gasteiger charge is 2.30. The summed E-state index contributed by atoms with van der Waals surface area (Å²) in [6.07, 6.45) is 3.18. The van der Waals surface area contributed by atoms with Crippen molar-refractivity contribution in [3.63, 3.8) is 0 Å². The maximum Gasteiger partial charge on any atom is 0.220 e. The Bertz CT molecular complexity index is 3130. The van der Waals surface area contributed by atoms with Crippen LogP contribution in [0.5, 0.6) is 0 Å². The Kier molecular flexibility index (Phi) is 8.04. The van der Waals surface area contributed by atoms with Gasteiger partial charge in [0.05, 0.1) is 22.1 Å². The second-order valence-electron chi connectivity index (χ2n) is 14.3. The molecule has 0 amide bonds. The second-order valence-corrected chi connectivity index (χ2v) is 14.3. The second kappa shape index (κ2) is 14.0. The van der Waals surface area contributed by atoms with Crippen LogP contribution in [0.25, 0.3) is 101 Å². The highest BCUT2D eigenvalue weighted by atomic mass is 15.2. The Morgan fingerprint density at radius 1 is 0.328 bits per heavy atom. The topological polar surface area (TPSA) is 60.9 Å². The monoisotopic (exact) mass is 742 g/mol. The zero-order chi connectivity index (χ0) is 38.4. The molecular formula is C52H34N6. The molecule has 58 heavy (non-hydrogen) atoms. The first-order valence-corrected chi connectivity index (χ1v) is 19.4. The third-order valence-corrected chi connectivity index (χ3v) is 11.0. The zero-order valence-corrected chi connectivity index (χ0v) is 31.3. The average molecular weight is 743 g/mol. The van der Waals surface area contributed by atoms with E-state index in [1.54, 1.807) is 12.7 Å². The molecule has 0 aliphatic rings. The molecule has 0 atom stereocenters. The lowest BCUT2D eigenvalue weighted by Gasteiger charge is -2.28. The van der Waals surface area contributed by atoms with Crippen molar-refractivity contribution in [2.45, 2.75) is 0 Å². The van der Waals surface area contributed by atoms with E-state index in [-0.39, 0.29) is 0 Å². The molecule has 0 bridgehead atoms. The molecule has 0 fully saturated rings. The Balaban J connectivity index is 1.28. The summed E-state index contributed by atoms with van der Waals surface area (Å²) in [5, 5.41) is 0. The van der Waals surface area contributed by atoms with E-state index in [0.717, 1.165) is 94.7 Å². The van der Waals surface area contributed by atoms with Gasteiger partial charge in [0.25, 0.3) is 0 Å². The van der Waals surface area contributed by atoms with E-state index < -0.39 is 0 Å². The van der Waals surface area contributed by atoms with E-state index in [4.69, 9.17) is 15.0 Å². The summed E-state index contributed by atoms with van der Waals surface area (Å²) >= 11 is 0.